The minimum atomic E-state index is -0.476. The molecule has 0 bridgehead atoms. The topological polar surface area (TPSA) is 78.7 Å². The molecular weight excluding hydrogens is 399 g/mol. The van der Waals surface area contributed by atoms with E-state index in [0.717, 1.165) is 20.6 Å². The lowest BCUT2D eigenvalue weighted by molar-refractivity contribution is -0.112. The highest BCUT2D eigenvalue weighted by atomic mass is 127. The van der Waals surface area contributed by atoms with Crippen molar-refractivity contribution in [1.29, 1.82) is 5.26 Å². The highest BCUT2D eigenvalue weighted by Gasteiger charge is 2.12. The van der Waals surface area contributed by atoms with Gasteiger partial charge in [0.1, 0.15) is 16.6 Å². The first-order chi connectivity index (χ1) is 10.1. The molecule has 0 atom stereocenters. The maximum atomic E-state index is 12.1. The average molecular weight is 410 g/mol. The Bertz CT molecular complexity index is 733. The molecule has 0 aliphatic rings. The SMILES string of the molecule is CCc1nnc(NC(=O)C(C#N)=Cc2ccccc2I)s1. The van der Waals surface area contributed by atoms with E-state index in [-0.39, 0.29) is 5.57 Å². The number of halogens is 1. The van der Waals surface area contributed by atoms with E-state index >= 15 is 0 Å². The Labute approximate surface area is 139 Å². The van der Waals surface area contributed by atoms with Crippen molar-refractivity contribution in [2.24, 2.45) is 0 Å². The van der Waals surface area contributed by atoms with Crippen LogP contribution in [0, 0.1) is 14.9 Å². The summed E-state index contributed by atoms with van der Waals surface area (Å²) in [6.07, 6.45) is 2.33. The van der Waals surface area contributed by atoms with Gasteiger partial charge in [-0.15, -0.1) is 10.2 Å². The summed E-state index contributed by atoms with van der Waals surface area (Å²) in [5, 5.41) is 20.8. The molecule has 0 aliphatic carbocycles. The first kappa shape index (κ1) is 15.6. The summed E-state index contributed by atoms with van der Waals surface area (Å²) in [5.41, 5.74) is 0.865. The molecule has 1 aromatic heterocycles. The number of rotatable bonds is 4. The van der Waals surface area contributed by atoms with Crippen LogP contribution in [0.2, 0.25) is 0 Å². The normalized spacial score (nSPS) is 11.0. The number of benzene rings is 1. The summed E-state index contributed by atoms with van der Waals surface area (Å²) in [5.74, 6) is -0.476. The summed E-state index contributed by atoms with van der Waals surface area (Å²) in [6.45, 7) is 1.96. The molecule has 7 heteroatoms. The Morgan fingerprint density at radius 2 is 2.24 bits per heavy atom. The lowest BCUT2D eigenvalue weighted by atomic mass is 10.1. The Morgan fingerprint density at radius 3 is 2.86 bits per heavy atom. The van der Waals surface area contributed by atoms with E-state index in [9.17, 15) is 4.79 Å². The minimum absolute atomic E-state index is 0.0346. The molecular formula is C14H11IN4OS. The van der Waals surface area contributed by atoms with E-state index in [1.807, 2.05) is 37.3 Å². The van der Waals surface area contributed by atoms with Crippen LogP contribution in [-0.2, 0) is 11.2 Å². The number of aromatic nitrogens is 2. The third kappa shape index (κ3) is 4.09. The van der Waals surface area contributed by atoms with Crippen molar-refractivity contribution >= 4 is 51.0 Å². The van der Waals surface area contributed by atoms with Gasteiger partial charge in [0.15, 0.2) is 0 Å². The van der Waals surface area contributed by atoms with Crippen LogP contribution >= 0.6 is 33.9 Å². The monoisotopic (exact) mass is 410 g/mol. The zero-order valence-electron chi connectivity index (χ0n) is 11.1. The van der Waals surface area contributed by atoms with E-state index in [2.05, 4.69) is 38.1 Å². The summed E-state index contributed by atoms with van der Waals surface area (Å²) in [4.78, 5) is 12.1. The lowest BCUT2D eigenvalue weighted by Gasteiger charge is -2.01. The number of aryl methyl sites for hydroxylation is 1. The molecule has 0 unspecified atom stereocenters. The number of nitrogens with zero attached hydrogens (tertiary/aromatic N) is 3. The Balaban J connectivity index is 2.19. The van der Waals surface area contributed by atoms with Gasteiger partial charge in [0.05, 0.1) is 0 Å². The number of hydrogen-bond donors (Lipinski definition) is 1. The number of anilines is 1. The molecule has 1 heterocycles. The van der Waals surface area contributed by atoms with Gasteiger partial charge in [-0.25, -0.2) is 0 Å². The summed E-state index contributed by atoms with van der Waals surface area (Å²) < 4.78 is 0.972. The number of carbonyl (C=O) groups is 1. The van der Waals surface area contributed by atoms with Gasteiger partial charge in [0.2, 0.25) is 5.13 Å². The van der Waals surface area contributed by atoms with Gasteiger partial charge in [-0.1, -0.05) is 36.5 Å². The van der Waals surface area contributed by atoms with E-state index in [1.165, 1.54) is 11.3 Å². The molecule has 0 saturated carbocycles. The Hall–Kier alpha value is -1.79. The van der Waals surface area contributed by atoms with Crippen molar-refractivity contribution in [2.75, 3.05) is 5.32 Å². The summed E-state index contributed by atoms with van der Waals surface area (Å²) in [6, 6.07) is 9.45. The fraction of sp³-hybridized carbons (Fsp3) is 0.143. The molecule has 1 aromatic carbocycles. The molecule has 0 radical (unpaired) electrons. The predicted octanol–water partition coefficient (Wildman–Crippen LogP) is 3.25. The fourth-order valence-electron chi connectivity index (χ4n) is 1.51. The minimum Gasteiger partial charge on any atom is -0.296 e. The van der Waals surface area contributed by atoms with Gasteiger partial charge in [0.25, 0.3) is 5.91 Å². The van der Waals surface area contributed by atoms with Crippen molar-refractivity contribution in [1.82, 2.24) is 10.2 Å². The fourth-order valence-corrected chi connectivity index (χ4v) is 2.73. The van der Waals surface area contributed by atoms with Crippen LogP contribution in [0.5, 0.6) is 0 Å². The van der Waals surface area contributed by atoms with Crippen molar-refractivity contribution in [2.45, 2.75) is 13.3 Å². The quantitative estimate of drug-likeness (QED) is 0.477. The van der Waals surface area contributed by atoms with Crippen molar-refractivity contribution < 1.29 is 4.79 Å². The first-order valence-corrected chi connectivity index (χ1v) is 8.03. The smallest absolute Gasteiger partial charge is 0.268 e. The van der Waals surface area contributed by atoms with Crippen LogP contribution in [0.25, 0.3) is 6.08 Å². The van der Waals surface area contributed by atoms with Crippen LogP contribution < -0.4 is 5.32 Å². The van der Waals surface area contributed by atoms with Crippen LogP contribution in [0.15, 0.2) is 29.8 Å². The number of nitrogens with one attached hydrogen (secondary N) is 1. The molecule has 21 heavy (non-hydrogen) atoms. The summed E-state index contributed by atoms with van der Waals surface area (Å²) in [7, 11) is 0. The zero-order chi connectivity index (χ0) is 15.2. The lowest BCUT2D eigenvalue weighted by Crippen LogP contribution is -2.13. The molecule has 0 fully saturated rings. The van der Waals surface area contributed by atoms with Crippen LogP contribution in [0.1, 0.15) is 17.5 Å². The largest absolute Gasteiger partial charge is 0.296 e. The third-order valence-corrected chi connectivity index (χ3v) is 4.53. The number of carbonyl (C=O) groups excluding carboxylic acids is 1. The van der Waals surface area contributed by atoms with E-state index < -0.39 is 5.91 Å². The van der Waals surface area contributed by atoms with Crippen molar-refractivity contribution in [3.63, 3.8) is 0 Å². The maximum absolute atomic E-state index is 12.1. The van der Waals surface area contributed by atoms with Crippen LogP contribution in [0.3, 0.4) is 0 Å². The first-order valence-electron chi connectivity index (χ1n) is 6.14. The Kier molecular flexibility index (Phi) is 5.41. The Morgan fingerprint density at radius 1 is 1.48 bits per heavy atom. The molecule has 2 aromatic rings. The number of amides is 1. The second-order valence-electron chi connectivity index (χ2n) is 4.00. The van der Waals surface area contributed by atoms with Gasteiger partial charge in [-0.05, 0) is 46.7 Å². The molecule has 0 aliphatic heterocycles. The van der Waals surface area contributed by atoms with Gasteiger partial charge in [0, 0.05) is 3.57 Å². The van der Waals surface area contributed by atoms with Gasteiger partial charge in [-0.3, -0.25) is 10.1 Å². The second kappa shape index (κ2) is 7.28. The molecule has 2 rings (SSSR count). The predicted molar refractivity (Wildman–Crippen MR) is 90.7 cm³/mol. The number of hydrogen-bond acceptors (Lipinski definition) is 5. The van der Waals surface area contributed by atoms with Crippen molar-refractivity contribution in [3.05, 3.63) is 44.0 Å². The van der Waals surface area contributed by atoms with E-state index in [4.69, 9.17) is 5.26 Å². The molecule has 0 spiro atoms. The second-order valence-corrected chi connectivity index (χ2v) is 6.22. The zero-order valence-corrected chi connectivity index (χ0v) is 14.1. The molecule has 1 N–H and O–H groups in total. The standard InChI is InChI=1S/C14H11IN4OS/c1-2-12-18-19-14(21-12)17-13(20)10(8-16)7-9-5-3-4-6-11(9)15/h3-7H,2H2,1H3,(H,17,19,20). The van der Waals surface area contributed by atoms with E-state index in [1.54, 1.807) is 6.08 Å². The molecule has 1 amide bonds. The van der Waals surface area contributed by atoms with Gasteiger partial charge in [-0.2, -0.15) is 5.26 Å². The molecule has 106 valence electrons. The van der Waals surface area contributed by atoms with Gasteiger partial charge >= 0.3 is 0 Å². The summed E-state index contributed by atoms with van der Waals surface area (Å²) >= 11 is 3.47. The van der Waals surface area contributed by atoms with Crippen LogP contribution in [-0.4, -0.2) is 16.1 Å². The number of nitriles is 1. The maximum Gasteiger partial charge on any atom is 0.268 e. The highest BCUT2D eigenvalue weighted by molar-refractivity contribution is 14.1. The van der Waals surface area contributed by atoms with Crippen LogP contribution in [0.4, 0.5) is 5.13 Å². The average Bonchev–Trinajstić information content (AvgIpc) is 2.94. The highest BCUT2D eigenvalue weighted by Crippen LogP contribution is 2.18. The van der Waals surface area contributed by atoms with E-state index in [0.29, 0.717) is 5.13 Å². The third-order valence-electron chi connectivity index (χ3n) is 2.56. The molecule has 5 nitrogen and oxygen atoms in total. The van der Waals surface area contributed by atoms with Crippen molar-refractivity contribution in [3.8, 4) is 6.07 Å². The van der Waals surface area contributed by atoms with Gasteiger partial charge < -0.3 is 0 Å². The molecule has 0 saturated heterocycles.